The fourth-order valence-electron chi connectivity index (χ4n) is 6.20. The van der Waals surface area contributed by atoms with E-state index >= 15 is 0 Å². The van der Waals surface area contributed by atoms with Gasteiger partial charge in [0.15, 0.2) is 0 Å². The second-order valence-electron chi connectivity index (χ2n) is 10.5. The lowest BCUT2D eigenvalue weighted by atomic mass is 9.65. The number of fused-ring (bicyclic) bond motifs is 2. The number of quaternary nitrogens is 1. The maximum atomic E-state index is 10.8. The molecule has 29 heavy (non-hydrogen) atoms. The molecule has 2 aromatic rings. The monoisotopic (exact) mass is 394 g/mol. The van der Waals surface area contributed by atoms with E-state index in [0.717, 1.165) is 17.7 Å². The first-order valence-electron chi connectivity index (χ1n) is 11.1. The zero-order chi connectivity index (χ0) is 20.5. The molecular formula is C26H36NO2+. The van der Waals surface area contributed by atoms with Crippen LogP contribution in [0.25, 0.3) is 0 Å². The normalized spacial score (nSPS) is 29.1. The van der Waals surface area contributed by atoms with Gasteiger partial charge in [-0.3, -0.25) is 0 Å². The quantitative estimate of drug-likeness (QED) is 0.752. The number of likely N-dealkylation sites (tertiary alicyclic amines) is 1. The molecule has 2 N–H and O–H groups in total. The molecular weight excluding hydrogens is 358 g/mol. The Labute approximate surface area is 175 Å². The van der Waals surface area contributed by atoms with Gasteiger partial charge in [-0.05, 0) is 23.0 Å². The first-order valence-corrected chi connectivity index (χ1v) is 11.1. The number of aliphatic hydroxyl groups excluding tert-OH is 1. The molecule has 2 bridgehead atoms. The molecule has 1 heterocycles. The Hall–Kier alpha value is -1.68. The van der Waals surface area contributed by atoms with Crippen molar-refractivity contribution in [2.45, 2.75) is 58.3 Å². The Morgan fingerprint density at radius 1 is 0.966 bits per heavy atom. The van der Waals surface area contributed by atoms with Crippen molar-refractivity contribution in [3.8, 4) is 0 Å². The maximum Gasteiger partial charge on any atom is 0.126 e. The molecule has 1 unspecified atom stereocenters. The number of benzene rings is 2. The van der Waals surface area contributed by atoms with Crippen LogP contribution in [0.2, 0.25) is 0 Å². The van der Waals surface area contributed by atoms with Crippen LogP contribution in [-0.2, 0) is 4.74 Å². The lowest BCUT2D eigenvalue weighted by molar-refractivity contribution is -0.917. The Kier molecular flexibility index (Phi) is 5.83. The summed E-state index contributed by atoms with van der Waals surface area (Å²) in [5.41, 5.74) is 3.11. The number of ether oxygens (including phenoxy) is 1. The largest absolute Gasteiger partial charge is 0.385 e. The third kappa shape index (κ3) is 4.91. The van der Waals surface area contributed by atoms with Crippen LogP contribution in [0.3, 0.4) is 0 Å². The molecule has 4 atom stereocenters. The topological polar surface area (TPSA) is 33.9 Å². The second kappa shape index (κ2) is 8.22. The van der Waals surface area contributed by atoms with E-state index < -0.39 is 6.10 Å². The van der Waals surface area contributed by atoms with Crippen LogP contribution in [0.5, 0.6) is 0 Å². The molecule has 0 radical (unpaired) electrons. The van der Waals surface area contributed by atoms with Crippen LogP contribution < -0.4 is 4.90 Å². The minimum Gasteiger partial charge on any atom is -0.385 e. The van der Waals surface area contributed by atoms with Crippen molar-refractivity contribution in [3.63, 3.8) is 0 Å². The summed E-state index contributed by atoms with van der Waals surface area (Å²) in [5, 5.41) is 10.8. The van der Waals surface area contributed by atoms with Crippen molar-refractivity contribution in [1.82, 2.24) is 0 Å². The van der Waals surface area contributed by atoms with Gasteiger partial charge >= 0.3 is 0 Å². The summed E-state index contributed by atoms with van der Waals surface area (Å²) in [4.78, 5) is 1.57. The number of hydrogen-bond acceptors (Lipinski definition) is 2. The van der Waals surface area contributed by atoms with E-state index in [2.05, 4.69) is 45.0 Å². The third-order valence-electron chi connectivity index (χ3n) is 6.83. The van der Waals surface area contributed by atoms with Crippen LogP contribution in [0, 0.1) is 10.8 Å². The number of rotatable bonds is 7. The van der Waals surface area contributed by atoms with E-state index in [1.165, 1.54) is 25.8 Å². The van der Waals surface area contributed by atoms with Crippen molar-refractivity contribution in [3.05, 3.63) is 71.8 Å². The fourth-order valence-corrected chi connectivity index (χ4v) is 6.20. The van der Waals surface area contributed by atoms with Crippen molar-refractivity contribution in [2.75, 3.05) is 19.7 Å². The van der Waals surface area contributed by atoms with E-state index in [4.69, 9.17) is 4.74 Å². The minimum atomic E-state index is -0.439. The van der Waals surface area contributed by atoms with E-state index in [1.807, 2.05) is 36.4 Å². The molecule has 0 aromatic heterocycles. The predicted molar refractivity (Wildman–Crippen MR) is 117 cm³/mol. The van der Waals surface area contributed by atoms with Crippen LogP contribution in [0.15, 0.2) is 60.7 Å². The Bertz CT molecular complexity index is 751. The predicted octanol–water partition coefficient (Wildman–Crippen LogP) is 3.64. The minimum absolute atomic E-state index is 0.142. The number of nitrogens with one attached hydrogen (secondary N) is 1. The number of hydrogen-bond donors (Lipinski definition) is 2. The van der Waals surface area contributed by atoms with Gasteiger partial charge in [0.2, 0.25) is 0 Å². The fraction of sp³-hybridized carbons (Fsp3) is 0.538. The van der Waals surface area contributed by atoms with E-state index in [9.17, 15) is 5.11 Å². The summed E-state index contributed by atoms with van der Waals surface area (Å²) in [6.45, 7) is 9.59. The van der Waals surface area contributed by atoms with Crippen LogP contribution in [-0.4, -0.2) is 36.9 Å². The molecule has 2 aliphatic rings. The molecule has 1 saturated carbocycles. The Morgan fingerprint density at radius 2 is 1.55 bits per heavy atom. The Morgan fingerprint density at radius 3 is 2.14 bits per heavy atom. The first-order chi connectivity index (χ1) is 13.8. The van der Waals surface area contributed by atoms with Gasteiger partial charge in [0.25, 0.3) is 0 Å². The second-order valence-corrected chi connectivity index (χ2v) is 10.5. The molecule has 1 saturated heterocycles. The lowest BCUT2D eigenvalue weighted by Crippen LogP contribution is -3.15. The molecule has 1 aliphatic carbocycles. The summed E-state index contributed by atoms with van der Waals surface area (Å²) >= 11 is 0. The summed E-state index contributed by atoms with van der Waals surface area (Å²) in [6.07, 6.45) is 3.29. The summed E-state index contributed by atoms with van der Waals surface area (Å²) < 4.78 is 6.30. The van der Waals surface area contributed by atoms with Gasteiger partial charge in [0, 0.05) is 18.3 Å². The average Bonchev–Trinajstić information content (AvgIpc) is 2.91. The van der Waals surface area contributed by atoms with Gasteiger partial charge in [-0.15, -0.1) is 0 Å². The van der Waals surface area contributed by atoms with Gasteiger partial charge in [-0.25, -0.2) is 0 Å². The highest BCUT2D eigenvalue weighted by Crippen LogP contribution is 2.47. The molecule has 0 amide bonds. The highest BCUT2D eigenvalue weighted by Gasteiger charge is 2.52. The summed E-state index contributed by atoms with van der Waals surface area (Å²) in [6, 6.07) is 21.3. The highest BCUT2D eigenvalue weighted by atomic mass is 16.5. The van der Waals surface area contributed by atoms with Gasteiger partial charge in [0.1, 0.15) is 18.8 Å². The summed E-state index contributed by atoms with van der Waals surface area (Å²) in [5.74, 6) is 0. The Balaban J connectivity index is 1.40. The molecule has 156 valence electrons. The molecule has 3 nitrogen and oxygen atoms in total. The van der Waals surface area contributed by atoms with E-state index in [0.29, 0.717) is 23.5 Å². The number of aliphatic hydroxyl groups is 1. The average molecular weight is 395 g/mol. The SMILES string of the molecule is CC1(C)C[C@H]2C[C@](C)(C[NH+]2C[C@H](O)COC(c2ccccc2)c2ccccc2)C1. The summed E-state index contributed by atoms with van der Waals surface area (Å²) in [7, 11) is 0. The van der Waals surface area contributed by atoms with Crippen LogP contribution in [0.4, 0.5) is 0 Å². The van der Waals surface area contributed by atoms with Gasteiger partial charge < -0.3 is 14.7 Å². The third-order valence-corrected chi connectivity index (χ3v) is 6.83. The molecule has 2 fully saturated rings. The molecule has 2 aromatic carbocycles. The zero-order valence-corrected chi connectivity index (χ0v) is 18.1. The van der Waals surface area contributed by atoms with Crippen molar-refractivity contribution in [1.29, 1.82) is 0 Å². The molecule has 1 aliphatic heterocycles. The molecule has 0 spiro atoms. The van der Waals surface area contributed by atoms with Gasteiger partial charge in [-0.1, -0.05) is 81.4 Å². The molecule has 4 rings (SSSR count). The first kappa shape index (κ1) is 20.6. The van der Waals surface area contributed by atoms with E-state index in [1.54, 1.807) is 4.90 Å². The van der Waals surface area contributed by atoms with Crippen molar-refractivity contribution < 1.29 is 14.7 Å². The smallest absolute Gasteiger partial charge is 0.126 e. The molecule has 3 heteroatoms. The van der Waals surface area contributed by atoms with Crippen molar-refractivity contribution >= 4 is 0 Å². The lowest BCUT2D eigenvalue weighted by Gasteiger charge is -2.37. The van der Waals surface area contributed by atoms with Crippen LogP contribution >= 0.6 is 0 Å². The zero-order valence-electron chi connectivity index (χ0n) is 18.1. The van der Waals surface area contributed by atoms with Gasteiger partial charge in [0.05, 0.1) is 19.2 Å². The van der Waals surface area contributed by atoms with E-state index in [-0.39, 0.29) is 6.10 Å². The maximum absolute atomic E-state index is 10.8. The highest BCUT2D eigenvalue weighted by molar-refractivity contribution is 5.29. The van der Waals surface area contributed by atoms with Gasteiger partial charge in [-0.2, -0.15) is 0 Å². The van der Waals surface area contributed by atoms with Crippen molar-refractivity contribution in [2.24, 2.45) is 10.8 Å². The standard InChI is InChI=1S/C26H35NO2/c1-25(2)14-22-15-26(3,18-25)19-27(22)16-23(28)17-29-24(20-10-6-4-7-11-20)21-12-8-5-9-13-21/h4-13,22-24,28H,14-19H2,1-3H3/p+1/t22-,23-,26-/m0/s1. The van der Waals surface area contributed by atoms with Crippen LogP contribution in [0.1, 0.15) is 57.3 Å².